The summed E-state index contributed by atoms with van der Waals surface area (Å²) < 4.78 is 45.1. The fourth-order valence-electron chi connectivity index (χ4n) is 6.01. The molecule has 2 aromatic rings. The van der Waals surface area contributed by atoms with Crippen molar-refractivity contribution in [3.05, 3.63) is 18.0 Å². The van der Waals surface area contributed by atoms with Gasteiger partial charge in [-0.3, -0.25) is 4.90 Å². The Balaban J connectivity index is 1.68. The number of fused-ring (bicyclic) bond motifs is 1. The van der Waals surface area contributed by atoms with Crippen molar-refractivity contribution >= 4 is 16.9 Å². The van der Waals surface area contributed by atoms with Crippen molar-refractivity contribution in [2.75, 3.05) is 12.4 Å². The van der Waals surface area contributed by atoms with Gasteiger partial charge < -0.3 is 15.2 Å². The van der Waals surface area contributed by atoms with Gasteiger partial charge in [0, 0.05) is 47.9 Å². The Hall–Kier alpha value is -2.20. The Morgan fingerprint density at radius 1 is 1.08 bits per heavy atom. The van der Waals surface area contributed by atoms with E-state index in [4.69, 9.17) is 9.72 Å². The molecule has 1 saturated heterocycles. The van der Waals surface area contributed by atoms with Crippen LogP contribution in [0, 0.1) is 0 Å². The zero-order valence-corrected chi connectivity index (χ0v) is 22.7. The molecule has 1 aliphatic heterocycles. The molecule has 37 heavy (non-hydrogen) atoms. The van der Waals surface area contributed by atoms with Gasteiger partial charge in [0.15, 0.2) is 0 Å². The van der Waals surface area contributed by atoms with E-state index in [1.165, 1.54) is 6.92 Å². The van der Waals surface area contributed by atoms with Crippen LogP contribution in [0.3, 0.4) is 0 Å². The van der Waals surface area contributed by atoms with Gasteiger partial charge in [-0.1, -0.05) is 0 Å². The lowest BCUT2D eigenvalue weighted by Crippen LogP contribution is -2.60. The van der Waals surface area contributed by atoms with Crippen LogP contribution in [0.25, 0.3) is 10.9 Å². The van der Waals surface area contributed by atoms with Crippen molar-refractivity contribution in [2.45, 2.75) is 121 Å². The summed E-state index contributed by atoms with van der Waals surface area (Å²) >= 11 is 0. The van der Waals surface area contributed by atoms with Crippen LogP contribution in [-0.4, -0.2) is 67.5 Å². The summed E-state index contributed by atoms with van der Waals surface area (Å²) in [4.78, 5) is 16.1. The summed E-state index contributed by atoms with van der Waals surface area (Å²) in [5, 5.41) is 13.5. The van der Waals surface area contributed by atoms with Gasteiger partial charge >= 0.3 is 6.18 Å². The van der Waals surface area contributed by atoms with Gasteiger partial charge in [0.25, 0.3) is 0 Å². The number of alkyl halides is 3. The van der Waals surface area contributed by atoms with Crippen LogP contribution in [0.15, 0.2) is 12.4 Å². The molecular formula is C27H40F3N5O2. The summed E-state index contributed by atoms with van der Waals surface area (Å²) in [6.45, 7) is 10.3. The van der Waals surface area contributed by atoms with E-state index in [0.717, 1.165) is 31.2 Å². The van der Waals surface area contributed by atoms with Gasteiger partial charge in [0.1, 0.15) is 6.10 Å². The monoisotopic (exact) mass is 523 g/mol. The fraction of sp³-hybridized carbons (Fsp3) is 0.741. The van der Waals surface area contributed by atoms with E-state index < -0.39 is 18.6 Å². The molecule has 0 bridgehead atoms. The molecule has 4 rings (SSSR count). The molecule has 0 spiro atoms. The van der Waals surface area contributed by atoms with E-state index in [-0.39, 0.29) is 35.2 Å². The van der Waals surface area contributed by atoms with E-state index in [2.05, 4.69) is 54.9 Å². The first kappa shape index (κ1) is 27.8. The lowest BCUT2D eigenvalue weighted by molar-refractivity contribution is -0.136. The molecule has 0 aromatic carbocycles. The standard InChI is InChI=1S/C27H40F3N5O2/c1-16(11-27(28,29)30)33-24-32-15-21-22(34-24)20(17-7-9-18(36)10-8-17)14-31-23(21)37-19-12-25(2,3)35(6)26(4,5)13-19/h14-19,36H,7-13H2,1-6H3,(H,32,33,34)/t16-,17?,18?/m0/s1. The summed E-state index contributed by atoms with van der Waals surface area (Å²) in [6, 6.07) is -0.869. The van der Waals surface area contributed by atoms with Gasteiger partial charge in [-0.05, 0) is 73.3 Å². The maximum atomic E-state index is 12.9. The van der Waals surface area contributed by atoms with E-state index in [0.29, 0.717) is 29.6 Å². The number of aromatic nitrogens is 3. The lowest BCUT2D eigenvalue weighted by atomic mass is 9.79. The number of halogens is 3. The third-order valence-corrected chi connectivity index (χ3v) is 8.21. The molecule has 3 heterocycles. The van der Waals surface area contributed by atoms with Crippen molar-refractivity contribution in [3.63, 3.8) is 0 Å². The fourth-order valence-corrected chi connectivity index (χ4v) is 6.01. The summed E-state index contributed by atoms with van der Waals surface area (Å²) in [6.07, 6.45) is 2.43. The van der Waals surface area contributed by atoms with Gasteiger partial charge in [0.05, 0.1) is 23.4 Å². The van der Waals surface area contributed by atoms with Gasteiger partial charge in [-0.15, -0.1) is 0 Å². The number of aliphatic hydroxyl groups is 1. The maximum Gasteiger partial charge on any atom is 0.391 e. The highest BCUT2D eigenvalue weighted by Gasteiger charge is 2.44. The third-order valence-electron chi connectivity index (χ3n) is 8.21. The minimum absolute atomic E-state index is 0.0582. The lowest BCUT2D eigenvalue weighted by Gasteiger charge is -2.53. The van der Waals surface area contributed by atoms with Crippen molar-refractivity contribution < 1.29 is 23.0 Å². The highest BCUT2D eigenvalue weighted by atomic mass is 19.4. The molecule has 1 aliphatic carbocycles. The summed E-state index contributed by atoms with van der Waals surface area (Å²) in [7, 11) is 2.14. The highest BCUT2D eigenvalue weighted by molar-refractivity contribution is 5.86. The van der Waals surface area contributed by atoms with Crippen LogP contribution < -0.4 is 10.1 Å². The molecule has 2 N–H and O–H groups in total. The molecule has 0 unspecified atom stereocenters. The average Bonchev–Trinajstić information content (AvgIpc) is 2.76. The first-order valence-electron chi connectivity index (χ1n) is 13.2. The second-order valence-corrected chi connectivity index (χ2v) is 12.2. The Labute approximate surface area is 217 Å². The molecule has 0 amide bonds. The number of nitrogens with zero attached hydrogens (tertiary/aromatic N) is 4. The number of rotatable bonds is 6. The molecule has 7 nitrogen and oxygen atoms in total. The number of aliphatic hydroxyl groups excluding tert-OH is 1. The SMILES string of the molecule is C[C@@H](CC(F)(F)F)Nc1ncc2c(OC3CC(C)(C)N(C)C(C)(C)C3)ncc(C3CCC(O)CC3)c2n1. The third kappa shape index (κ3) is 6.45. The number of hydrogen-bond donors (Lipinski definition) is 2. The highest BCUT2D eigenvalue weighted by Crippen LogP contribution is 2.41. The molecular weight excluding hydrogens is 483 g/mol. The van der Waals surface area contributed by atoms with Crippen LogP contribution >= 0.6 is 0 Å². The Morgan fingerprint density at radius 3 is 2.30 bits per heavy atom. The molecule has 2 aromatic heterocycles. The van der Waals surface area contributed by atoms with E-state index in [1.807, 2.05) is 0 Å². The number of piperidine rings is 1. The molecule has 2 fully saturated rings. The zero-order chi connectivity index (χ0) is 27.2. The van der Waals surface area contributed by atoms with E-state index >= 15 is 0 Å². The number of anilines is 1. The molecule has 206 valence electrons. The van der Waals surface area contributed by atoms with Gasteiger partial charge in [-0.2, -0.15) is 13.2 Å². The number of pyridine rings is 1. The molecule has 0 radical (unpaired) electrons. The second-order valence-electron chi connectivity index (χ2n) is 12.2. The number of hydrogen-bond acceptors (Lipinski definition) is 7. The average molecular weight is 524 g/mol. The number of nitrogens with one attached hydrogen (secondary N) is 1. The van der Waals surface area contributed by atoms with Crippen LogP contribution in [0.4, 0.5) is 19.1 Å². The summed E-state index contributed by atoms with van der Waals surface area (Å²) in [5.74, 6) is 0.759. The topological polar surface area (TPSA) is 83.4 Å². The quantitative estimate of drug-likeness (QED) is 0.493. The van der Waals surface area contributed by atoms with Crippen molar-refractivity contribution in [2.24, 2.45) is 0 Å². The minimum atomic E-state index is -4.28. The van der Waals surface area contributed by atoms with Gasteiger partial charge in [-0.25, -0.2) is 15.0 Å². The van der Waals surface area contributed by atoms with Crippen molar-refractivity contribution in [1.29, 1.82) is 0 Å². The molecule has 1 atom stereocenters. The predicted octanol–water partition coefficient (Wildman–Crippen LogP) is 5.83. The number of ether oxygens (including phenoxy) is 1. The van der Waals surface area contributed by atoms with Crippen LogP contribution in [0.2, 0.25) is 0 Å². The molecule has 10 heteroatoms. The van der Waals surface area contributed by atoms with E-state index in [1.54, 1.807) is 12.4 Å². The second kappa shape index (κ2) is 10.2. The van der Waals surface area contributed by atoms with Gasteiger partial charge in [0.2, 0.25) is 11.8 Å². The number of likely N-dealkylation sites (tertiary alicyclic amines) is 1. The first-order valence-corrected chi connectivity index (χ1v) is 13.2. The minimum Gasteiger partial charge on any atom is -0.474 e. The van der Waals surface area contributed by atoms with Crippen LogP contribution in [-0.2, 0) is 0 Å². The smallest absolute Gasteiger partial charge is 0.391 e. The zero-order valence-electron chi connectivity index (χ0n) is 22.7. The normalized spacial score (nSPS) is 25.7. The Morgan fingerprint density at radius 2 is 1.70 bits per heavy atom. The molecule has 1 saturated carbocycles. The maximum absolute atomic E-state index is 12.9. The molecule has 2 aliphatic rings. The van der Waals surface area contributed by atoms with Crippen molar-refractivity contribution in [1.82, 2.24) is 19.9 Å². The van der Waals surface area contributed by atoms with Crippen LogP contribution in [0.5, 0.6) is 5.88 Å². The predicted molar refractivity (Wildman–Crippen MR) is 138 cm³/mol. The Bertz CT molecular complexity index is 1080. The largest absolute Gasteiger partial charge is 0.474 e. The van der Waals surface area contributed by atoms with Crippen molar-refractivity contribution in [3.8, 4) is 5.88 Å². The van der Waals surface area contributed by atoms with Crippen LogP contribution in [0.1, 0.15) is 91.0 Å². The van der Waals surface area contributed by atoms with E-state index in [9.17, 15) is 18.3 Å². The Kier molecular flexibility index (Phi) is 7.65. The summed E-state index contributed by atoms with van der Waals surface area (Å²) in [5.41, 5.74) is 1.45. The first-order chi connectivity index (χ1) is 17.1.